The molecule has 0 aliphatic heterocycles. The summed E-state index contributed by atoms with van der Waals surface area (Å²) >= 11 is 0. The highest BCUT2D eigenvalue weighted by Gasteiger charge is 1.95. The Bertz CT molecular complexity index is 417. The first-order valence-corrected chi connectivity index (χ1v) is 10.6. The van der Waals surface area contributed by atoms with Gasteiger partial charge in [-0.3, -0.25) is 0 Å². The highest BCUT2D eigenvalue weighted by molar-refractivity contribution is 5.85. The first-order chi connectivity index (χ1) is 12.6. The van der Waals surface area contributed by atoms with E-state index in [4.69, 9.17) is 0 Å². The van der Waals surface area contributed by atoms with Crippen molar-refractivity contribution >= 4 is 5.97 Å². The van der Waals surface area contributed by atoms with Crippen molar-refractivity contribution in [2.24, 2.45) is 5.92 Å². The molecule has 0 aliphatic carbocycles. The topological polar surface area (TPSA) is 67.8 Å². The molecule has 0 saturated carbocycles. The van der Waals surface area contributed by atoms with Crippen molar-refractivity contribution in [2.75, 3.05) is 6.54 Å². The van der Waals surface area contributed by atoms with Crippen molar-refractivity contribution in [2.45, 2.75) is 90.9 Å². The van der Waals surface area contributed by atoms with Crippen LogP contribution in [0.2, 0.25) is 0 Å². The lowest BCUT2D eigenvalue weighted by atomic mass is 10.0. The molecule has 0 fully saturated rings. The highest BCUT2D eigenvalue weighted by atomic mass is 16.4. The highest BCUT2D eigenvalue weighted by Crippen LogP contribution is 2.13. The monoisotopic (exact) mass is 363 g/mol. The number of carbonyl (C=O) groups is 1. The van der Waals surface area contributed by atoms with Gasteiger partial charge >= 0.3 is 0 Å². The lowest BCUT2D eigenvalue weighted by molar-refractivity contribution is -0.368. The van der Waals surface area contributed by atoms with Crippen molar-refractivity contribution in [3.63, 3.8) is 0 Å². The van der Waals surface area contributed by atoms with Crippen molar-refractivity contribution in [1.29, 1.82) is 0 Å². The van der Waals surface area contributed by atoms with Gasteiger partial charge in [-0.25, -0.2) is 0 Å². The molecule has 0 spiro atoms. The Balaban J connectivity index is 0.000000577. The summed E-state index contributed by atoms with van der Waals surface area (Å²) < 4.78 is 0. The molecule has 3 N–H and O–H groups in total. The minimum absolute atomic E-state index is 0.220. The van der Waals surface area contributed by atoms with Crippen molar-refractivity contribution < 1.29 is 15.6 Å². The first-order valence-electron chi connectivity index (χ1n) is 10.6. The van der Waals surface area contributed by atoms with Crippen LogP contribution in [-0.2, 0) is 0 Å². The van der Waals surface area contributed by atoms with Crippen molar-refractivity contribution in [1.82, 2.24) is 0 Å². The van der Waals surface area contributed by atoms with Crippen LogP contribution in [0.5, 0.6) is 0 Å². The number of rotatable bonds is 14. The second-order valence-corrected chi connectivity index (χ2v) is 7.58. The minimum atomic E-state index is -1.13. The number of hydrogen-bond donors (Lipinski definition) is 1. The number of unbranched alkanes of at least 4 members (excludes halogenated alkanes) is 10. The average molecular weight is 364 g/mol. The van der Waals surface area contributed by atoms with Gasteiger partial charge in [-0.2, -0.15) is 0 Å². The van der Waals surface area contributed by atoms with Crippen LogP contribution in [0, 0.1) is 5.92 Å². The number of carboxylic acids is 1. The molecular formula is C23H41NO2. The molecule has 150 valence electrons. The molecule has 3 nitrogen and oxygen atoms in total. The fraction of sp³-hybridized carbons (Fsp3) is 0.696. The van der Waals surface area contributed by atoms with Gasteiger partial charge in [0.2, 0.25) is 0 Å². The van der Waals surface area contributed by atoms with Crippen LogP contribution in [-0.4, -0.2) is 12.5 Å². The number of carbonyl (C=O) groups excluding carboxylic acids is 1. The van der Waals surface area contributed by atoms with E-state index >= 15 is 0 Å². The summed E-state index contributed by atoms with van der Waals surface area (Å²) in [7, 11) is 0. The van der Waals surface area contributed by atoms with Gasteiger partial charge in [0.1, 0.15) is 0 Å². The number of aromatic carboxylic acids is 1. The molecule has 26 heavy (non-hydrogen) atoms. The third kappa shape index (κ3) is 17.5. The lowest BCUT2D eigenvalue weighted by Crippen LogP contribution is -2.50. The Labute approximate surface area is 161 Å². The van der Waals surface area contributed by atoms with Crippen molar-refractivity contribution in [3.8, 4) is 0 Å². The normalized spacial score (nSPS) is 10.5. The zero-order chi connectivity index (χ0) is 19.5. The number of hydrogen-bond acceptors (Lipinski definition) is 2. The SMILES string of the molecule is CC(C)CCCCCCCCCCCCC[NH3+].O=C([O-])c1ccccc1. The lowest BCUT2D eigenvalue weighted by Gasteiger charge is -2.04. The van der Waals surface area contributed by atoms with E-state index in [0.29, 0.717) is 0 Å². The molecule has 0 saturated heterocycles. The average Bonchev–Trinajstić information content (AvgIpc) is 2.63. The molecule has 0 unspecified atom stereocenters. The van der Waals surface area contributed by atoms with Gasteiger partial charge in [0.05, 0.1) is 12.5 Å². The summed E-state index contributed by atoms with van der Waals surface area (Å²) in [6, 6.07) is 8.06. The van der Waals surface area contributed by atoms with E-state index in [1.54, 1.807) is 18.2 Å². The van der Waals surface area contributed by atoms with E-state index in [1.807, 2.05) is 0 Å². The fourth-order valence-electron chi connectivity index (χ4n) is 2.89. The Kier molecular flexibility index (Phi) is 17.5. The molecule has 1 aromatic rings. The van der Waals surface area contributed by atoms with Gasteiger partial charge in [-0.1, -0.05) is 108 Å². The molecule has 1 rings (SSSR count). The molecule has 3 heteroatoms. The van der Waals surface area contributed by atoms with Crippen LogP contribution in [0.25, 0.3) is 0 Å². The predicted molar refractivity (Wildman–Crippen MR) is 109 cm³/mol. The Morgan fingerprint density at radius 2 is 1.23 bits per heavy atom. The second-order valence-electron chi connectivity index (χ2n) is 7.58. The number of benzene rings is 1. The summed E-state index contributed by atoms with van der Waals surface area (Å²) in [5.41, 5.74) is 4.10. The molecule has 0 aromatic heterocycles. The number of quaternary nitrogens is 1. The van der Waals surface area contributed by atoms with Gasteiger partial charge in [0.25, 0.3) is 0 Å². The third-order valence-electron chi connectivity index (χ3n) is 4.54. The van der Waals surface area contributed by atoms with E-state index < -0.39 is 5.97 Å². The Hall–Kier alpha value is -1.35. The smallest absolute Gasteiger partial charge is 0.0739 e. The van der Waals surface area contributed by atoms with Crippen LogP contribution >= 0.6 is 0 Å². The zero-order valence-corrected chi connectivity index (χ0v) is 17.2. The van der Waals surface area contributed by atoms with Gasteiger partial charge in [0, 0.05) is 0 Å². The molecular weight excluding hydrogens is 322 g/mol. The van der Waals surface area contributed by atoms with E-state index in [2.05, 4.69) is 19.6 Å². The zero-order valence-electron chi connectivity index (χ0n) is 17.2. The summed E-state index contributed by atoms with van der Waals surface area (Å²) in [6.45, 7) is 5.78. The molecule has 0 heterocycles. The predicted octanol–water partition coefficient (Wildman–Crippen LogP) is 4.62. The Morgan fingerprint density at radius 1 is 0.808 bits per heavy atom. The first kappa shape index (κ1) is 24.7. The molecule has 0 bridgehead atoms. The fourth-order valence-corrected chi connectivity index (χ4v) is 2.89. The summed E-state index contributed by atoms with van der Waals surface area (Å²) in [4.78, 5) is 10.1. The van der Waals surface area contributed by atoms with Crippen LogP contribution in [0.1, 0.15) is 101 Å². The van der Waals surface area contributed by atoms with E-state index in [-0.39, 0.29) is 5.56 Å². The number of carboxylic acid groups (broad SMARTS) is 1. The van der Waals surface area contributed by atoms with Gasteiger partial charge in [-0.05, 0) is 24.3 Å². The molecule has 0 aliphatic rings. The standard InChI is InChI=1S/C16H35N.C7H6O2/c1-16(2)14-12-10-8-6-4-3-5-7-9-11-13-15-17;8-7(9)6-4-2-1-3-5-6/h16H,3-15,17H2,1-2H3;1-5H,(H,8,9). The summed E-state index contributed by atoms with van der Waals surface area (Å²) in [5.74, 6) is -0.232. The molecule has 0 amide bonds. The van der Waals surface area contributed by atoms with Crippen LogP contribution in [0.15, 0.2) is 30.3 Å². The summed E-state index contributed by atoms with van der Waals surface area (Å²) in [6.07, 6.45) is 17.3. The maximum atomic E-state index is 10.1. The third-order valence-corrected chi connectivity index (χ3v) is 4.54. The maximum Gasteiger partial charge on any atom is 0.0739 e. The van der Waals surface area contributed by atoms with Crippen LogP contribution in [0.4, 0.5) is 0 Å². The van der Waals surface area contributed by atoms with Crippen LogP contribution < -0.4 is 10.8 Å². The maximum absolute atomic E-state index is 10.1. The van der Waals surface area contributed by atoms with E-state index in [9.17, 15) is 9.90 Å². The Morgan fingerprint density at radius 3 is 1.58 bits per heavy atom. The van der Waals surface area contributed by atoms with Gasteiger partial charge in [0.15, 0.2) is 0 Å². The molecule has 0 radical (unpaired) electrons. The quantitative estimate of drug-likeness (QED) is 0.490. The van der Waals surface area contributed by atoms with Gasteiger partial charge in [-0.15, -0.1) is 0 Å². The second kappa shape index (κ2) is 18.4. The van der Waals surface area contributed by atoms with E-state index in [0.717, 1.165) is 12.5 Å². The molecule has 1 aromatic carbocycles. The largest absolute Gasteiger partial charge is 0.545 e. The minimum Gasteiger partial charge on any atom is -0.545 e. The van der Waals surface area contributed by atoms with Crippen LogP contribution in [0.3, 0.4) is 0 Å². The summed E-state index contributed by atoms with van der Waals surface area (Å²) in [5, 5.41) is 10.1. The van der Waals surface area contributed by atoms with Crippen molar-refractivity contribution in [3.05, 3.63) is 35.9 Å². The van der Waals surface area contributed by atoms with Gasteiger partial charge < -0.3 is 15.6 Å². The van der Waals surface area contributed by atoms with E-state index in [1.165, 1.54) is 89.2 Å². The molecule has 0 atom stereocenters.